The average Bonchev–Trinajstić information content (AvgIpc) is 2.89. The Labute approximate surface area is 102 Å². The summed E-state index contributed by atoms with van der Waals surface area (Å²) >= 11 is 0. The molecule has 3 rings (SSSR count). The second kappa shape index (κ2) is 4.37. The van der Waals surface area contributed by atoms with Gasteiger partial charge in [0, 0.05) is 23.5 Å². The van der Waals surface area contributed by atoms with Crippen molar-refractivity contribution in [1.82, 2.24) is 15.2 Å². The third-order valence-corrected chi connectivity index (χ3v) is 2.42. The topological polar surface area (TPSA) is 51.8 Å². The maximum absolute atomic E-state index is 13.1. The summed E-state index contributed by atoms with van der Waals surface area (Å²) in [5.41, 5.74) is 1.34. The molecule has 5 heteroatoms. The van der Waals surface area contributed by atoms with Gasteiger partial charge in [0.05, 0.1) is 0 Å². The molecule has 2 aromatic heterocycles. The molecule has 0 bridgehead atoms. The highest BCUT2D eigenvalue weighted by Gasteiger charge is 2.10. The molecule has 1 aromatic carbocycles. The zero-order valence-electron chi connectivity index (χ0n) is 9.25. The Bertz CT molecular complexity index is 667. The molecule has 0 fully saturated rings. The Morgan fingerprint density at radius 3 is 2.33 bits per heavy atom. The van der Waals surface area contributed by atoms with Gasteiger partial charge in [-0.2, -0.15) is 0 Å². The minimum atomic E-state index is -0.337. The average molecular weight is 241 g/mol. The highest BCUT2D eigenvalue weighted by molar-refractivity contribution is 5.57. The summed E-state index contributed by atoms with van der Waals surface area (Å²) in [5, 5.41) is 7.83. The Hall–Kier alpha value is -2.56. The number of benzene rings is 1. The van der Waals surface area contributed by atoms with Crippen molar-refractivity contribution in [2.24, 2.45) is 0 Å². The first-order chi connectivity index (χ1) is 8.83. The van der Waals surface area contributed by atoms with Gasteiger partial charge in [-0.15, -0.1) is 10.2 Å². The standard InChI is InChI=1S/C13H8FN3O/c14-11-3-1-2-10(8-11)13-17-16-12(18-13)9-4-6-15-7-5-9/h1-8H. The maximum Gasteiger partial charge on any atom is 0.248 e. The van der Waals surface area contributed by atoms with Crippen LogP contribution in [0.4, 0.5) is 4.39 Å². The molecule has 0 atom stereocenters. The Balaban J connectivity index is 2.00. The molecular formula is C13H8FN3O. The van der Waals surface area contributed by atoms with Gasteiger partial charge in [-0.25, -0.2) is 4.39 Å². The minimum absolute atomic E-state index is 0.293. The number of pyridine rings is 1. The van der Waals surface area contributed by atoms with Crippen molar-refractivity contribution < 1.29 is 8.81 Å². The molecule has 0 aliphatic heterocycles. The van der Waals surface area contributed by atoms with Crippen LogP contribution in [0.1, 0.15) is 0 Å². The molecule has 4 nitrogen and oxygen atoms in total. The highest BCUT2D eigenvalue weighted by Crippen LogP contribution is 2.23. The van der Waals surface area contributed by atoms with Crippen molar-refractivity contribution in [3.63, 3.8) is 0 Å². The van der Waals surface area contributed by atoms with Crippen LogP contribution >= 0.6 is 0 Å². The van der Waals surface area contributed by atoms with E-state index in [4.69, 9.17) is 4.42 Å². The van der Waals surface area contributed by atoms with Crippen LogP contribution in [0.25, 0.3) is 22.9 Å². The van der Waals surface area contributed by atoms with E-state index in [-0.39, 0.29) is 5.82 Å². The summed E-state index contributed by atoms with van der Waals surface area (Å²) in [6.45, 7) is 0. The van der Waals surface area contributed by atoms with E-state index in [1.54, 1.807) is 36.7 Å². The van der Waals surface area contributed by atoms with Crippen LogP contribution in [0, 0.1) is 5.82 Å². The van der Waals surface area contributed by atoms with E-state index in [1.807, 2.05) is 0 Å². The highest BCUT2D eigenvalue weighted by atomic mass is 19.1. The van der Waals surface area contributed by atoms with Gasteiger partial charge >= 0.3 is 0 Å². The largest absolute Gasteiger partial charge is 0.416 e. The van der Waals surface area contributed by atoms with Gasteiger partial charge in [-0.1, -0.05) is 6.07 Å². The molecule has 0 saturated carbocycles. The fourth-order valence-electron chi connectivity index (χ4n) is 1.57. The molecular weight excluding hydrogens is 233 g/mol. The van der Waals surface area contributed by atoms with Gasteiger partial charge in [0.1, 0.15) is 5.82 Å². The molecule has 18 heavy (non-hydrogen) atoms. The van der Waals surface area contributed by atoms with Crippen molar-refractivity contribution in [3.05, 3.63) is 54.6 Å². The number of hydrogen-bond donors (Lipinski definition) is 0. The lowest BCUT2D eigenvalue weighted by molar-refractivity contribution is 0.582. The predicted octanol–water partition coefficient (Wildman–Crippen LogP) is 2.94. The van der Waals surface area contributed by atoms with Crippen molar-refractivity contribution in [2.45, 2.75) is 0 Å². The van der Waals surface area contributed by atoms with Crippen LogP contribution in [0.3, 0.4) is 0 Å². The fourth-order valence-corrected chi connectivity index (χ4v) is 1.57. The van der Waals surface area contributed by atoms with Crippen LogP contribution in [0.5, 0.6) is 0 Å². The molecule has 3 aromatic rings. The van der Waals surface area contributed by atoms with E-state index < -0.39 is 0 Å². The molecule has 0 amide bonds. The maximum atomic E-state index is 13.1. The molecule has 0 aliphatic carbocycles. The van der Waals surface area contributed by atoms with Crippen molar-refractivity contribution in [3.8, 4) is 22.9 Å². The van der Waals surface area contributed by atoms with E-state index in [0.717, 1.165) is 5.56 Å². The summed E-state index contributed by atoms with van der Waals surface area (Å²) < 4.78 is 18.6. The molecule has 0 radical (unpaired) electrons. The first-order valence-electron chi connectivity index (χ1n) is 5.33. The molecule has 0 unspecified atom stereocenters. The second-order valence-electron chi connectivity index (χ2n) is 3.66. The summed E-state index contributed by atoms with van der Waals surface area (Å²) in [6.07, 6.45) is 3.28. The lowest BCUT2D eigenvalue weighted by Crippen LogP contribution is -1.79. The fraction of sp³-hybridized carbons (Fsp3) is 0. The van der Waals surface area contributed by atoms with Gasteiger partial charge in [0.2, 0.25) is 11.8 Å². The Morgan fingerprint density at radius 1 is 0.889 bits per heavy atom. The zero-order valence-corrected chi connectivity index (χ0v) is 9.25. The minimum Gasteiger partial charge on any atom is -0.416 e. The monoisotopic (exact) mass is 241 g/mol. The molecule has 0 aliphatic rings. The number of halogens is 1. The third kappa shape index (κ3) is 1.98. The number of aromatic nitrogens is 3. The van der Waals surface area contributed by atoms with Crippen LogP contribution in [-0.4, -0.2) is 15.2 Å². The molecule has 0 saturated heterocycles. The van der Waals surface area contributed by atoms with Gasteiger partial charge in [-0.05, 0) is 30.3 Å². The lowest BCUT2D eigenvalue weighted by atomic mass is 10.2. The molecule has 88 valence electrons. The third-order valence-electron chi connectivity index (χ3n) is 2.42. The second-order valence-corrected chi connectivity index (χ2v) is 3.66. The van der Waals surface area contributed by atoms with Crippen molar-refractivity contribution >= 4 is 0 Å². The quantitative estimate of drug-likeness (QED) is 0.692. The summed E-state index contributed by atoms with van der Waals surface area (Å²) in [7, 11) is 0. The molecule has 0 N–H and O–H groups in total. The van der Waals surface area contributed by atoms with Gasteiger partial charge in [0.15, 0.2) is 0 Å². The summed E-state index contributed by atoms with van der Waals surface area (Å²) in [6, 6.07) is 9.56. The molecule has 2 heterocycles. The normalized spacial score (nSPS) is 10.5. The van der Waals surface area contributed by atoms with Crippen LogP contribution in [0.2, 0.25) is 0 Å². The predicted molar refractivity (Wildman–Crippen MR) is 62.9 cm³/mol. The van der Waals surface area contributed by atoms with Crippen LogP contribution < -0.4 is 0 Å². The van der Waals surface area contributed by atoms with E-state index in [2.05, 4.69) is 15.2 Å². The molecule has 0 spiro atoms. The van der Waals surface area contributed by atoms with E-state index >= 15 is 0 Å². The van der Waals surface area contributed by atoms with Gasteiger partial charge in [0.25, 0.3) is 0 Å². The SMILES string of the molecule is Fc1cccc(-c2nnc(-c3ccncc3)o2)c1. The van der Waals surface area contributed by atoms with E-state index in [1.165, 1.54) is 12.1 Å². The van der Waals surface area contributed by atoms with Crippen LogP contribution in [0.15, 0.2) is 53.2 Å². The zero-order chi connectivity index (χ0) is 12.4. The van der Waals surface area contributed by atoms with Crippen molar-refractivity contribution in [1.29, 1.82) is 0 Å². The summed E-state index contributed by atoms with van der Waals surface area (Å²) in [5.74, 6) is 0.342. The van der Waals surface area contributed by atoms with Gasteiger partial charge < -0.3 is 4.42 Å². The number of nitrogens with zero attached hydrogens (tertiary/aromatic N) is 3. The Kier molecular flexibility index (Phi) is 2.57. The van der Waals surface area contributed by atoms with Crippen LogP contribution in [-0.2, 0) is 0 Å². The first kappa shape index (κ1) is 10.6. The lowest BCUT2D eigenvalue weighted by Gasteiger charge is -1.94. The number of rotatable bonds is 2. The first-order valence-corrected chi connectivity index (χ1v) is 5.33. The summed E-state index contributed by atoms with van der Waals surface area (Å²) in [4.78, 5) is 3.91. The smallest absolute Gasteiger partial charge is 0.248 e. The van der Waals surface area contributed by atoms with E-state index in [9.17, 15) is 4.39 Å². The van der Waals surface area contributed by atoms with E-state index in [0.29, 0.717) is 17.3 Å². The van der Waals surface area contributed by atoms with Gasteiger partial charge in [-0.3, -0.25) is 4.98 Å². The van der Waals surface area contributed by atoms with Crippen molar-refractivity contribution in [2.75, 3.05) is 0 Å². The Morgan fingerprint density at radius 2 is 1.61 bits per heavy atom. The number of hydrogen-bond acceptors (Lipinski definition) is 4.